The number of carbonyl (C=O) groups is 2. The highest BCUT2D eigenvalue weighted by Crippen LogP contribution is 2.21. The molecule has 0 atom stereocenters. The van der Waals surface area contributed by atoms with E-state index in [2.05, 4.69) is 10.3 Å². The predicted octanol–water partition coefficient (Wildman–Crippen LogP) is 3.44. The maximum Gasteiger partial charge on any atom is 0.292 e. The van der Waals surface area contributed by atoms with Gasteiger partial charge in [-0.15, -0.1) is 0 Å². The highest BCUT2D eigenvalue weighted by atomic mass is 16.2. The number of pyridine rings is 1. The third-order valence-electron chi connectivity index (χ3n) is 4.99. The minimum Gasteiger partial charge on any atom is -0.337 e. The SMILES string of the molecule is Cc1ccc(C)c(NC(=O)c2nc(C(=O)N3CCCC3)c3ccccn23)c1. The van der Waals surface area contributed by atoms with E-state index in [4.69, 9.17) is 0 Å². The van der Waals surface area contributed by atoms with Crippen molar-refractivity contribution in [2.75, 3.05) is 18.4 Å². The van der Waals surface area contributed by atoms with Gasteiger partial charge in [0, 0.05) is 25.0 Å². The molecule has 6 nitrogen and oxygen atoms in total. The molecule has 27 heavy (non-hydrogen) atoms. The molecule has 3 aromatic rings. The number of aryl methyl sites for hydroxylation is 2. The molecule has 1 aromatic carbocycles. The average Bonchev–Trinajstić information content (AvgIpc) is 3.32. The second-order valence-electron chi connectivity index (χ2n) is 7.01. The lowest BCUT2D eigenvalue weighted by molar-refractivity contribution is 0.0789. The summed E-state index contributed by atoms with van der Waals surface area (Å²) in [6, 6.07) is 11.4. The highest BCUT2D eigenvalue weighted by Gasteiger charge is 2.26. The van der Waals surface area contributed by atoms with Crippen LogP contribution in [0.4, 0.5) is 5.69 Å². The van der Waals surface area contributed by atoms with E-state index in [1.807, 2.05) is 55.1 Å². The maximum atomic E-state index is 12.9. The van der Waals surface area contributed by atoms with E-state index in [1.54, 1.807) is 10.6 Å². The van der Waals surface area contributed by atoms with Crippen molar-refractivity contribution in [2.24, 2.45) is 0 Å². The Morgan fingerprint density at radius 3 is 2.63 bits per heavy atom. The maximum absolute atomic E-state index is 12.9. The highest BCUT2D eigenvalue weighted by molar-refractivity contribution is 6.06. The molecule has 0 unspecified atom stereocenters. The molecule has 3 heterocycles. The lowest BCUT2D eigenvalue weighted by atomic mass is 10.1. The number of anilines is 1. The number of fused-ring (bicyclic) bond motifs is 1. The molecule has 6 heteroatoms. The fourth-order valence-corrected chi connectivity index (χ4v) is 3.47. The summed E-state index contributed by atoms with van der Waals surface area (Å²) in [6.07, 6.45) is 3.79. The topological polar surface area (TPSA) is 66.7 Å². The van der Waals surface area contributed by atoms with Crippen LogP contribution in [0.15, 0.2) is 42.6 Å². The molecular formula is C21H22N4O2. The zero-order valence-corrected chi connectivity index (χ0v) is 15.5. The summed E-state index contributed by atoms with van der Waals surface area (Å²) in [5.41, 5.74) is 3.78. The fraction of sp³-hybridized carbons (Fsp3) is 0.286. The van der Waals surface area contributed by atoms with E-state index in [0.29, 0.717) is 11.2 Å². The largest absolute Gasteiger partial charge is 0.337 e. The van der Waals surface area contributed by atoms with Crippen molar-refractivity contribution in [3.8, 4) is 0 Å². The zero-order valence-electron chi connectivity index (χ0n) is 15.5. The van der Waals surface area contributed by atoms with Crippen LogP contribution in [0.5, 0.6) is 0 Å². The van der Waals surface area contributed by atoms with E-state index in [0.717, 1.165) is 42.7 Å². The van der Waals surface area contributed by atoms with Crippen LogP contribution < -0.4 is 5.32 Å². The first-order valence-corrected chi connectivity index (χ1v) is 9.19. The molecule has 0 radical (unpaired) electrons. The minimum atomic E-state index is -0.328. The van der Waals surface area contributed by atoms with Gasteiger partial charge in [-0.05, 0) is 56.0 Å². The molecule has 138 valence electrons. The molecule has 1 saturated heterocycles. The normalized spacial score (nSPS) is 13.9. The number of hydrogen-bond acceptors (Lipinski definition) is 3. The summed E-state index contributed by atoms with van der Waals surface area (Å²) in [5.74, 6) is -0.221. The Morgan fingerprint density at radius 2 is 1.85 bits per heavy atom. The van der Waals surface area contributed by atoms with Gasteiger partial charge in [0.15, 0.2) is 5.69 Å². The Bertz CT molecular complexity index is 1030. The van der Waals surface area contributed by atoms with Crippen molar-refractivity contribution < 1.29 is 9.59 Å². The monoisotopic (exact) mass is 362 g/mol. The van der Waals surface area contributed by atoms with E-state index in [1.165, 1.54) is 0 Å². The van der Waals surface area contributed by atoms with Gasteiger partial charge in [0.1, 0.15) is 0 Å². The standard InChI is InChI=1S/C21H22N4O2/c1-14-8-9-15(2)16(13-14)22-20(26)19-23-18(17-7-3-4-12-25(17)19)21(27)24-10-5-6-11-24/h3-4,7-9,12-13H,5-6,10-11H2,1-2H3,(H,22,26). The van der Waals surface area contributed by atoms with Crippen molar-refractivity contribution >= 4 is 23.0 Å². The number of nitrogens with one attached hydrogen (secondary N) is 1. The van der Waals surface area contributed by atoms with Crippen molar-refractivity contribution in [2.45, 2.75) is 26.7 Å². The van der Waals surface area contributed by atoms with Gasteiger partial charge in [-0.2, -0.15) is 0 Å². The van der Waals surface area contributed by atoms with Gasteiger partial charge < -0.3 is 10.2 Å². The third-order valence-corrected chi connectivity index (χ3v) is 4.99. The van der Waals surface area contributed by atoms with E-state index in [9.17, 15) is 9.59 Å². The summed E-state index contributed by atoms with van der Waals surface area (Å²) in [4.78, 5) is 32.1. The molecule has 1 N–H and O–H groups in total. The van der Waals surface area contributed by atoms with Crippen LogP contribution >= 0.6 is 0 Å². The van der Waals surface area contributed by atoms with Crippen LogP contribution in [0, 0.1) is 13.8 Å². The zero-order chi connectivity index (χ0) is 19.0. The summed E-state index contributed by atoms with van der Waals surface area (Å²) in [5, 5.41) is 2.93. The minimum absolute atomic E-state index is 0.109. The molecule has 4 rings (SSSR count). The van der Waals surface area contributed by atoms with Crippen LogP contribution in [0.2, 0.25) is 0 Å². The van der Waals surface area contributed by atoms with Crippen molar-refractivity contribution in [1.29, 1.82) is 0 Å². The van der Waals surface area contributed by atoms with Gasteiger partial charge in [0.25, 0.3) is 11.8 Å². The van der Waals surface area contributed by atoms with Crippen molar-refractivity contribution in [3.63, 3.8) is 0 Å². The first-order valence-electron chi connectivity index (χ1n) is 9.19. The van der Waals surface area contributed by atoms with Crippen molar-refractivity contribution in [3.05, 3.63) is 65.2 Å². The number of carbonyl (C=O) groups excluding carboxylic acids is 2. The fourth-order valence-electron chi connectivity index (χ4n) is 3.47. The number of rotatable bonds is 3. The molecule has 0 aliphatic carbocycles. The van der Waals surface area contributed by atoms with Gasteiger partial charge in [0.2, 0.25) is 5.82 Å². The predicted molar refractivity (Wildman–Crippen MR) is 104 cm³/mol. The van der Waals surface area contributed by atoms with Gasteiger partial charge in [0.05, 0.1) is 5.52 Å². The number of benzene rings is 1. The second kappa shape index (κ2) is 6.87. The van der Waals surface area contributed by atoms with E-state index in [-0.39, 0.29) is 17.6 Å². The van der Waals surface area contributed by atoms with Crippen LogP contribution in [-0.2, 0) is 0 Å². The van der Waals surface area contributed by atoms with Crippen molar-refractivity contribution in [1.82, 2.24) is 14.3 Å². The van der Waals surface area contributed by atoms with E-state index >= 15 is 0 Å². The molecule has 0 spiro atoms. The molecule has 0 bridgehead atoms. The summed E-state index contributed by atoms with van der Waals surface area (Å²) in [6.45, 7) is 5.41. The van der Waals surface area contributed by atoms with Crippen LogP contribution in [0.3, 0.4) is 0 Å². The van der Waals surface area contributed by atoms with E-state index < -0.39 is 0 Å². The summed E-state index contributed by atoms with van der Waals surface area (Å²) in [7, 11) is 0. The summed E-state index contributed by atoms with van der Waals surface area (Å²) < 4.78 is 1.68. The number of nitrogens with zero attached hydrogens (tertiary/aromatic N) is 3. The first kappa shape index (κ1) is 17.3. The number of aromatic nitrogens is 2. The Kier molecular flexibility index (Phi) is 4.39. The smallest absolute Gasteiger partial charge is 0.292 e. The molecule has 1 fully saturated rings. The van der Waals surface area contributed by atoms with Gasteiger partial charge in [-0.3, -0.25) is 14.0 Å². The Labute approximate surface area is 157 Å². The average molecular weight is 362 g/mol. The summed E-state index contributed by atoms with van der Waals surface area (Å²) >= 11 is 0. The molecule has 1 aliphatic heterocycles. The number of hydrogen-bond donors (Lipinski definition) is 1. The lowest BCUT2D eigenvalue weighted by Crippen LogP contribution is -2.28. The molecule has 0 saturated carbocycles. The molecular weight excluding hydrogens is 340 g/mol. The molecule has 1 aliphatic rings. The lowest BCUT2D eigenvalue weighted by Gasteiger charge is -2.13. The van der Waals surface area contributed by atoms with Crippen LogP contribution in [0.1, 0.15) is 45.1 Å². The Balaban J connectivity index is 1.72. The number of likely N-dealkylation sites (tertiary alicyclic amines) is 1. The quantitative estimate of drug-likeness (QED) is 0.776. The molecule has 2 aromatic heterocycles. The first-order chi connectivity index (χ1) is 13.0. The third kappa shape index (κ3) is 3.18. The number of imidazole rings is 1. The van der Waals surface area contributed by atoms with Gasteiger partial charge >= 0.3 is 0 Å². The molecule has 2 amide bonds. The second-order valence-corrected chi connectivity index (χ2v) is 7.01. The van der Waals surface area contributed by atoms with Crippen LogP contribution in [-0.4, -0.2) is 39.2 Å². The van der Waals surface area contributed by atoms with Gasteiger partial charge in [-0.25, -0.2) is 4.98 Å². The Morgan fingerprint density at radius 1 is 1.07 bits per heavy atom. The Hall–Kier alpha value is -3.15. The van der Waals surface area contributed by atoms with Gasteiger partial charge in [-0.1, -0.05) is 18.2 Å². The number of amides is 2. The van der Waals surface area contributed by atoms with Crippen LogP contribution in [0.25, 0.3) is 5.52 Å².